The fourth-order valence-electron chi connectivity index (χ4n) is 4.32. The lowest BCUT2D eigenvalue weighted by atomic mass is 10.0. The summed E-state index contributed by atoms with van der Waals surface area (Å²) in [4.78, 5) is 20.7. The summed E-state index contributed by atoms with van der Waals surface area (Å²) >= 11 is 0. The van der Waals surface area contributed by atoms with Gasteiger partial charge in [-0.2, -0.15) is 5.26 Å². The molecule has 2 aromatic carbocycles. The first kappa shape index (κ1) is 36.5. The summed E-state index contributed by atoms with van der Waals surface area (Å²) in [5.74, 6) is -0.304. The molecule has 0 unspecified atom stereocenters. The minimum atomic E-state index is -0.589. The number of halogens is 2. The number of carbonyl (C=O) groups is 1. The van der Waals surface area contributed by atoms with Crippen molar-refractivity contribution in [3.63, 3.8) is 0 Å². The van der Waals surface area contributed by atoms with E-state index in [1.807, 2.05) is 50.5 Å². The normalized spacial score (nSPS) is 11.1. The van der Waals surface area contributed by atoms with Gasteiger partial charge in [0, 0.05) is 49.9 Å². The van der Waals surface area contributed by atoms with Crippen molar-refractivity contribution in [3.8, 4) is 23.2 Å². The molecule has 0 N–H and O–H groups in total. The van der Waals surface area contributed by atoms with Crippen LogP contribution in [0.5, 0.6) is 5.88 Å². The molecule has 246 valence electrons. The Balaban J connectivity index is 0.000000913. The minimum absolute atomic E-state index is 0.0417. The zero-order valence-corrected chi connectivity index (χ0v) is 27.6. The molecule has 0 radical (unpaired) electrons. The van der Waals surface area contributed by atoms with E-state index in [1.54, 1.807) is 32.4 Å². The first-order valence-corrected chi connectivity index (χ1v) is 14.9. The van der Waals surface area contributed by atoms with Crippen LogP contribution in [0.4, 0.5) is 8.78 Å². The SMILES string of the molecule is C=Cc1c(/C=C\C)nc(Cc2ccc(-c3cc(C=O)cc(OCc4ccc(C#N)cc4F)n3)cc2F)n1CCOC.COC(C)(C)C. The number of ether oxygens (including phenoxy) is 3. The Kier molecular flexibility index (Phi) is 13.3. The zero-order chi connectivity index (χ0) is 34.6. The molecule has 0 aliphatic carbocycles. The van der Waals surface area contributed by atoms with E-state index in [0.717, 1.165) is 17.5 Å². The summed E-state index contributed by atoms with van der Waals surface area (Å²) in [5.41, 5.74) is 3.49. The summed E-state index contributed by atoms with van der Waals surface area (Å²) in [5, 5.41) is 8.92. The molecule has 2 aromatic heterocycles. The third-order valence-corrected chi connectivity index (χ3v) is 6.98. The van der Waals surface area contributed by atoms with Crippen LogP contribution in [0.15, 0.2) is 61.2 Å². The van der Waals surface area contributed by atoms with Crippen LogP contribution in [0.3, 0.4) is 0 Å². The van der Waals surface area contributed by atoms with Crippen molar-refractivity contribution in [2.24, 2.45) is 0 Å². The molecule has 0 atom stereocenters. The number of nitrogens with zero attached hydrogens (tertiary/aromatic N) is 4. The first-order chi connectivity index (χ1) is 22.5. The molecule has 0 bridgehead atoms. The number of aldehydes is 1. The highest BCUT2D eigenvalue weighted by atomic mass is 19.1. The van der Waals surface area contributed by atoms with Crippen LogP contribution in [0, 0.1) is 23.0 Å². The van der Waals surface area contributed by atoms with Gasteiger partial charge in [0.15, 0.2) is 0 Å². The third-order valence-electron chi connectivity index (χ3n) is 6.98. The zero-order valence-electron chi connectivity index (χ0n) is 27.6. The molecular formula is C37H40F2N4O4. The predicted molar refractivity (Wildman–Crippen MR) is 179 cm³/mol. The van der Waals surface area contributed by atoms with E-state index in [4.69, 9.17) is 24.5 Å². The maximum absolute atomic E-state index is 15.4. The van der Waals surface area contributed by atoms with Crippen molar-refractivity contribution in [1.29, 1.82) is 5.26 Å². The maximum atomic E-state index is 15.4. The van der Waals surface area contributed by atoms with E-state index in [-0.39, 0.29) is 41.2 Å². The molecule has 0 aliphatic heterocycles. The Hall–Kier alpha value is -4.98. The summed E-state index contributed by atoms with van der Waals surface area (Å²) in [7, 11) is 3.32. The lowest BCUT2D eigenvalue weighted by molar-refractivity contribution is 0.0397. The first-order valence-electron chi connectivity index (χ1n) is 14.9. The molecule has 4 aromatic rings. The molecule has 10 heteroatoms. The third kappa shape index (κ3) is 10.3. The number of allylic oxidation sites excluding steroid dienone is 1. The van der Waals surface area contributed by atoms with Gasteiger partial charge in [-0.25, -0.2) is 18.7 Å². The van der Waals surface area contributed by atoms with Gasteiger partial charge in [-0.1, -0.05) is 30.9 Å². The Morgan fingerprint density at radius 2 is 1.72 bits per heavy atom. The Labute approximate surface area is 275 Å². The molecule has 0 spiro atoms. The van der Waals surface area contributed by atoms with Crippen molar-refractivity contribution < 1.29 is 27.8 Å². The lowest BCUT2D eigenvalue weighted by Crippen LogP contribution is -2.15. The van der Waals surface area contributed by atoms with Crippen LogP contribution in [0.25, 0.3) is 23.4 Å². The smallest absolute Gasteiger partial charge is 0.214 e. The highest BCUT2D eigenvalue weighted by Crippen LogP contribution is 2.26. The second-order valence-corrected chi connectivity index (χ2v) is 11.4. The number of nitriles is 1. The van der Waals surface area contributed by atoms with Crippen LogP contribution in [-0.2, 0) is 29.0 Å². The van der Waals surface area contributed by atoms with Gasteiger partial charge in [0.05, 0.1) is 40.9 Å². The molecular weight excluding hydrogens is 602 g/mol. The standard InChI is InChI=1S/C32H28F2N4O3.C5H12O/c1-4-6-28-30(5-2)38(11-12-40-3)31(36-28)17-23-9-10-24(16-27(23)34)29-14-22(19-39)15-32(37-29)41-20-25-8-7-21(18-35)13-26(25)33;1-5(2,3)6-4/h4-10,13-16,19H,2,11-12,17,20H2,1,3H3;1-4H3/b6-4-;. The van der Waals surface area contributed by atoms with Crippen molar-refractivity contribution in [2.45, 2.75) is 52.9 Å². The molecule has 47 heavy (non-hydrogen) atoms. The molecule has 0 saturated heterocycles. The number of methoxy groups -OCH3 is 2. The van der Waals surface area contributed by atoms with Gasteiger partial charge < -0.3 is 18.8 Å². The highest BCUT2D eigenvalue weighted by Gasteiger charge is 2.17. The summed E-state index contributed by atoms with van der Waals surface area (Å²) in [6.45, 7) is 12.7. The number of aromatic nitrogens is 3. The molecule has 0 aliphatic rings. The predicted octanol–water partition coefficient (Wildman–Crippen LogP) is 7.83. The fourth-order valence-corrected chi connectivity index (χ4v) is 4.32. The van der Waals surface area contributed by atoms with Gasteiger partial charge in [0.25, 0.3) is 0 Å². The van der Waals surface area contributed by atoms with Crippen molar-refractivity contribution >= 4 is 18.4 Å². The summed E-state index contributed by atoms with van der Waals surface area (Å²) in [6, 6.07) is 13.6. The number of rotatable bonds is 12. The van der Waals surface area contributed by atoms with Crippen LogP contribution in [0.2, 0.25) is 0 Å². The van der Waals surface area contributed by atoms with E-state index in [1.165, 1.54) is 30.3 Å². The van der Waals surface area contributed by atoms with E-state index in [2.05, 4.69) is 11.6 Å². The monoisotopic (exact) mass is 642 g/mol. The average molecular weight is 643 g/mol. The molecule has 0 fully saturated rings. The number of hydrogen-bond donors (Lipinski definition) is 0. The van der Waals surface area contributed by atoms with Gasteiger partial charge in [-0.05, 0) is 69.7 Å². The second-order valence-electron chi connectivity index (χ2n) is 11.4. The van der Waals surface area contributed by atoms with Crippen molar-refractivity contribution in [3.05, 3.63) is 112 Å². The minimum Gasteiger partial charge on any atom is -0.473 e. The van der Waals surface area contributed by atoms with Gasteiger partial charge in [-0.15, -0.1) is 0 Å². The van der Waals surface area contributed by atoms with E-state index in [9.17, 15) is 9.18 Å². The van der Waals surface area contributed by atoms with Crippen molar-refractivity contribution in [1.82, 2.24) is 14.5 Å². The van der Waals surface area contributed by atoms with Crippen LogP contribution >= 0.6 is 0 Å². The lowest BCUT2D eigenvalue weighted by Gasteiger charge is -2.14. The quantitative estimate of drug-likeness (QED) is 0.145. The van der Waals surface area contributed by atoms with Crippen LogP contribution in [0.1, 0.15) is 72.0 Å². The number of hydrogen-bond acceptors (Lipinski definition) is 7. The molecule has 4 rings (SSSR count). The van der Waals surface area contributed by atoms with Gasteiger partial charge in [0.2, 0.25) is 5.88 Å². The Morgan fingerprint density at radius 3 is 2.30 bits per heavy atom. The number of carbonyl (C=O) groups excluding carboxylic acids is 1. The number of benzene rings is 2. The molecule has 0 amide bonds. The maximum Gasteiger partial charge on any atom is 0.214 e. The van der Waals surface area contributed by atoms with Crippen LogP contribution in [-0.4, -0.2) is 47.2 Å². The van der Waals surface area contributed by atoms with Gasteiger partial charge in [0.1, 0.15) is 30.4 Å². The summed E-state index contributed by atoms with van der Waals surface area (Å²) in [6.07, 6.45) is 6.35. The number of pyridine rings is 1. The topological polar surface area (TPSA) is 99.3 Å². The van der Waals surface area contributed by atoms with Crippen LogP contribution < -0.4 is 4.74 Å². The largest absolute Gasteiger partial charge is 0.473 e. The highest BCUT2D eigenvalue weighted by molar-refractivity contribution is 5.78. The summed E-state index contributed by atoms with van der Waals surface area (Å²) < 4.78 is 47.5. The second kappa shape index (κ2) is 17.1. The fraction of sp³-hybridized carbons (Fsp3) is 0.297. The van der Waals surface area contributed by atoms with E-state index < -0.39 is 11.6 Å². The molecule has 2 heterocycles. The van der Waals surface area contributed by atoms with E-state index in [0.29, 0.717) is 42.1 Å². The van der Waals surface area contributed by atoms with E-state index >= 15 is 4.39 Å². The van der Waals surface area contributed by atoms with Crippen molar-refractivity contribution in [2.75, 3.05) is 20.8 Å². The Bertz CT molecular complexity index is 1770. The molecule has 8 nitrogen and oxygen atoms in total. The number of imidazole rings is 1. The van der Waals surface area contributed by atoms with Gasteiger partial charge in [-0.3, -0.25) is 4.79 Å². The average Bonchev–Trinajstić information content (AvgIpc) is 3.39. The van der Waals surface area contributed by atoms with Gasteiger partial charge >= 0.3 is 0 Å². The molecule has 0 saturated carbocycles. The Morgan fingerprint density at radius 1 is 1.02 bits per heavy atom.